The molecule has 0 radical (unpaired) electrons. The summed E-state index contributed by atoms with van der Waals surface area (Å²) in [6, 6.07) is 5.17. The van der Waals surface area contributed by atoms with E-state index in [4.69, 9.17) is 15.9 Å². The molecule has 0 heterocycles. The standard InChI is InChI=1S/C6H8BIN2O2/c8-4-1-2-6(10-9)5(3-4)7(11)12/h1-3,10-12H,9H2. The van der Waals surface area contributed by atoms with Gasteiger partial charge in [0, 0.05) is 14.7 Å². The van der Waals surface area contributed by atoms with Gasteiger partial charge in [0.25, 0.3) is 0 Å². The highest BCUT2D eigenvalue weighted by Crippen LogP contribution is 2.08. The zero-order valence-corrected chi connectivity index (χ0v) is 8.32. The molecule has 0 aliphatic heterocycles. The third-order valence-corrected chi connectivity index (χ3v) is 2.12. The van der Waals surface area contributed by atoms with Gasteiger partial charge in [0.2, 0.25) is 0 Å². The predicted molar refractivity (Wildman–Crippen MR) is 56.8 cm³/mol. The molecule has 0 aliphatic rings. The summed E-state index contributed by atoms with van der Waals surface area (Å²) in [6.07, 6.45) is 0. The van der Waals surface area contributed by atoms with Crippen LogP contribution in [-0.2, 0) is 0 Å². The topological polar surface area (TPSA) is 78.5 Å². The van der Waals surface area contributed by atoms with E-state index >= 15 is 0 Å². The Bertz CT molecular complexity index is 282. The second-order valence-electron chi connectivity index (χ2n) is 2.25. The molecule has 64 valence electrons. The molecule has 0 fully saturated rings. The lowest BCUT2D eigenvalue weighted by Crippen LogP contribution is -2.33. The number of halogens is 1. The fourth-order valence-electron chi connectivity index (χ4n) is 0.879. The fraction of sp³-hybridized carbons (Fsp3) is 0. The number of hydrazine groups is 1. The Balaban J connectivity index is 3.12. The van der Waals surface area contributed by atoms with Crippen molar-refractivity contribution in [2.24, 2.45) is 5.84 Å². The molecule has 5 N–H and O–H groups in total. The highest BCUT2D eigenvalue weighted by molar-refractivity contribution is 14.1. The van der Waals surface area contributed by atoms with E-state index in [-0.39, 0.29) is 0 Å². The largest absolute Gasteiger partial charge is 0.490 e. The number of hydrogen-bond acceptors (Lipinski definition) is 4. The van der Waals surface area contributed by atoms with E-state index in [9.17, 15) is 0 Å². The van der Waals surface area contributed by atoms with Gasteiger partial charge >= 0.3 is 7.12 Å². The van der Waals surface area contributed by atoms with Crippen molar-refractivity contribution in [3.63, 3.8) is 0 Å². The van der Waals surface area contributed by atoms with Gasteiger partial charge in [0.05, 0.1) is 0 Å². The summed E-state index contributed by atoms with van der Waals surface area (Å²) in [5.74, 6) is 5.16. The van der Waals surface area contributed by atoms with Gasteiger partial charge in [-0.3, -0.25) is 5.84 Å². The first-order valence-corrected chi connectivity index (χ1v) is 4.35. The predicted octanol–water partition coefficient (Wildman–Crippen LogP) is -0.743. The first kappa shape index (κ1) is 9.78. The van der Waals surface area contributed by atoms with Crippen molar-refractivity contribution >= 4 is 40.9 Å². The molecule has 4 nitrogen and oxygen atoms in total. The maximum atomic E-state index is 8.92. The first-order valence-electron chi connectivity index (χ1n) is 3.27. The normalized spacial score (nSPS) is 9.67. The Morgan fingerprint density at radius 1 is 1.42 bits per heavy atom. The Morgan fingerprint density at radius 2 is 2.08 bits per heavy atom. The monoisotopic (exact) mass is 278 g/mol. The maximum Gasteiger partial charge on any atom is 0.490 e. The lowest BCUT2D eigenvalue weighted by atomic mass is 9.79. The van der Waals surface area contributed by atoms with Crippen molar-refractivity contribution in [2.45, 2.75) is 0 Å². The number of hydrogen-bond donors (Lipinski definition) is 4. The molecule has 1 rings (SSSR count). The summed E-state index contributed by atoms with van der Waals surface area (Å²) in [6.45, 7) is 0. The zero-order valence-electron chi connectivity index (χ0n) is 6.16. The van der Waals surface area contributed by atoms with Crippen LogP contribution in [0.4, 0.5) is 5.69 Å². The second kappa shape index (κ2) is 4.08. The van der Waals surface area contributed by atoms with Crippen LogP contribution >= 0.6 is 22.6 Å². The van der Waals surface area contributed by atoms with Crippen LogP contribution < -0.4 is 16.7 Å². The maximum absolute atomic E-state index is 8.92. The van der Waals surface area contributed by atoms with Gasteiger partial charge in [0.15, 0.2) is 0 Å². The number of nitrogens with two attached hydrogens (primary N) is 1. The van der Waals surface area contributed by atoms with E-state index < -0.39 is 7.12 Å². The van der Waals surface area contributed by atoms with Gasteiger partial charge in [-0.15, -0.1) is 0 Å². The van der Waals surface area contributed by atoms with Gasteiger partial charge in [0.1, 0.15) is 0 Å². The van der Waals surface area contributed by atoms with Crippen molar-refractivity contribution in [3.8, 4) is 0 Å². The fourth-order valence-corrected chi connectivity index (χ4v) is 1.39. The van der Waals surface area contributed by atoms with Crippen LogP contribution in [0, 0.1) is 3.57 Å². The molecule has 0 spiro atoms. The van der Waals surface area contributed by atoms with E-state index in [0.29, 0.717) is 11.2 Å². The lowest BCUT2D eigenvalue weighted by Gasteiger charge is -2.07. The molecule has 0 bridgehead atoms. The molecule has 12 heavy (non-hydrogen) atoms. The van der Waals surface area contributed by atoms with E-state index in [1.807, 2.05) is 6.07 Å². The Morgan fingerprint density at radius 3 is 2.58 bits per heavy atom. The highest BCUT2D eigenvalue weighted by Gasteiger charge is 2.15. The average Bonchev–Trinajstić information content (AvgIpc) is 2.04. The van der Waals surface area contributed by atoms with Crippen molar-refractivity contribution < 1.29 is 10.0 Å². The molecule has 0 saturated heterocycles. The van der Waals surface area contributed by atoms with Crippen LogP contribution in [0.1, 0.15) is 0 Å². The van der Waals surface area contributed by atoms with Crippen molar-refractivity contribution in [1.29, 1.82) is 0 Å². The Labute approximate surface area is 84.0 Å². The molecule has 0 amide bonds. The highest BCUT2D eigenvalue weighted by atomic mass is 127. The Hall–Kier alpha value is -0.305. The van der Waals surface area contributed by atoms with Crippen LogP contribution in [0.25, 0.3) is 0 Å². The molecule has 0 aromatic heterocycles. The van der Waals surface area contributed by atoms with E-state index in [1.54, 1.807) is 12.1 Å². The van der Waals surface area contributed by atoms with E-state index in [2.05, 4.69) is 28.0 Å². The minimum atomic E-state index is -1.49. The summed E-state index contributed by atoms with van der Waals surface area (Å²) in [4.78, 5) is 0. The summed E-state index contributed by atoms with van der Waals surface area (Å²) in [5.41, 5.74) is 3.28. The van der Waals surface area contributed by atoms with Gasteiger partial charge < -0.3 is 15.5 Å². The summed E-state index contributed by atoms with van der Waals surface area (Å²) in [7, 11) is -1.49. The molecule has 0 unspecified atom stereocenters. The quantitative estimate of drug-likeness (QED) is 0.248. The van der Waals surface area contributed by atoms with Crippen molar-refractivity contribution in [2.75, 3.05) is 5.43 Å². The van der Waals surface area contributed by atoms with Gasteiger partial charge in [-0.2, -0.15) is 0 Å². The summed E-state index contributed by atoms with van der Waals surface area (Å²) in [5, 5.41) is 17.8. The van der Waals surface area contributed by atoms with Crippen molar-refractivity contribution in [1.82, 2.24) is 0 Å². The van der Waals surface area contributed by atoms with E-state index in [0.717, 1.165) is 3.57 Å². The van der Waals surface area contributed by atoms with Crippen LogP contribution in [0.2, 0.25) is 0 Å². The van der Waals surface area contributed by atoms with Gasteiger partial charge in [-0.05, 0) is 40.8 Å². The van der Waals surface area contributed by atoms with E-state index in [1.165, 1.54) is 0 Å². The third kappa shape index (κ3) is 2.10. The molecule has 0 atom stereocenters. The molecular formula is C6H8BIN2O2. The van der Waals surface area contributed by atoms with Crippen LogP contribution in [0.15, 0.2) is 18.2 Å². The third-order valence-electron chi connectivity index (χ3n) is 1.45. The number of rotatable bonds is 2. The Kier molecular flexibility index (Phi) is 3.33. The molecule has 0 aliphatic carbocycles. The number of anilines is 1. The van der Waals surface area contributed by atoms with Crippen LogP contribution in [0.5, 0.6) is 0 Å². The second-order valence-corrected chi connectivity index (χ2v) is 3.50. The number of nitrogens with one attached hydrogen (secondary N) is 1. The molecule has 0 saturated carbocycles. The summed E-state index contributed by atoms with van der Waals surface area (Å²) < 4.78 is 0.926. The minimum Gasteiger partial charge on any atom is -0.423 e. The van der Waals surface area contributed by atoms with Crippen molar-refractivity contribution in [3.05, 3.63) is 21.8 Å². The van der Waals surface area contributed by atoms with Gasteiger partial charge in [-0.25, -0.2) is 0 Å². The van der Waals surface area contributed by atoms with Crippen LogP contribution in [0.3, 0.4) is 0 Å². The zero-order chi connectivity index (χ0) is 9.14. The number of benzene rings is 1. The van der Waals surface area contributed by atoms with Crippen LogP contribution in [-0.4, -0.2) is 17.2 Å². The average molecular weight is 278 g/mol. The number of nitrogen functional groups attached to an aromatic ring is 1. The lowest BCUT2D eigenvalue weighted by molar-refractivity contribution is 0.426. The minimum absolute atomic E-state index is 0.379. The summed E-state index contributed by atoms with van der Waals surface area (Å²) >= 11 is 2.08. The molecule has 1 aromatic rings. The smallest absolute Gasteiger partial charge is 0.423 e. The first-order chi connectivity index (χ1) is 5.65. The molecular weight excluding hydrogens is 270 g/mol. The molecule has 1 aromatic carbocycles. The van der Waals surface area contributed by atoms with Gasteiger partial charge in [-0.1, -0.05) is 0 Å². The SMILES string of the molecule is NNc1ccc(I)cc1B(O)O. The molecule has 6 heteroatoms.